The van der Waals surface area contributed by atoms with E-state index in [0.717, 1.165) is 42.0 Å². The molecule has 28 heavy (non-hydrogen) atoms. The highest BCUT2D eigenvalue weighted by molar-refractivity contribution is 5.77. The van der Waals surface area contributed by atoms with E-state index in [-0.39, 0.29) is 5.82 Å². The molecule has 0 N–H and O–H groups in total. The van der Waals surface area contributed by atoms with E-state index in [1.165, 1.54) is 11.6 Å². The summed E-state index contributed by atoms with van der Waals surface area (Å²) < 4.78 is 16.8. The zero-order valence-corrected chi connectivity index (χ0v) is 16.0. The summed E-state index contributed by atoms with van der Waals surface area (Å²) in [6.07, 6.45) is 8.01. The topological polar surface area (TPSA) is 32.9 Å². The lowest BCUT2D eigenvalue weighted by atomic mass is 9.98. The molecule has 3 aromatic rings. The Hall–Kier alpha value is -3.21. The summed E-state index contributed by atoms with van der Waals surface area (Å²) in [4.78, 5) is 10.6. The molecule has 1 atom stereocenters. The number of hydrogen-bond donors (Lipinski definition) is 0. The number of fused-ring (bicyclic) bond motifs is 1. The van der Waals surface area contributed by atoms with E-state index in [1.54, 1.807) is 31.9 Å². The summed E-state index contributed by atoms with van der Waals surface area (Å²) in [5.41, 5.74) is 5.37. The third kappa shape index (κ3) is 3.13. The smallest absolute Gasteiger partial charge is 0.133 e. The third-order valence-electron chi connectivity index (χ3n) is 5.42. The summed E-state index contributed by atoms with van der Waals surface area (Å²) in [5.74, 6) is 0.0939. The highest BCUT2D eigenvalue weighted by Gasteiger charge is 2.27. The second-order valence-electron chi connectivity index (χ2n) is 7.07. The number of rotatable bonds is 5. The van der Waals surface area contributed by atoms with Crippen LogP contribution in [0.2, 0.25) is 0 Å². The molecule has 0 saturated carbocycles. The van der Waals surface area contributed by atoms with Crippen LogP contribution < -0.4 is 0 Å². The first-order valence-electron chi connectivity index (χ1n) is 9.35. The zero-order chi connectivity index (χ0) is 19.7. The Morgan fingerprint density at radius 2 is 2.18 bits per heavy atom. The second kappa shape index (κ2) is 7.43. The van der Waals surface area contributed by atoms with Crippen LogP contribution in [0.4, 0.5) is 4.39 Å². The van der Waals surface area contributed by atoms with E-state index in [4.69, 9.17) is 0 Å². The molecule has 2 aromatic heterocycles. The van der Waals surface area contributed by atoms with Gasteiger partial charge in [-0.2, -0.15) is 0 Å². The highest BCUT2D eigenvalue weighted by Crippen LogP contribution is 2.36. The Kier molecular flexibility index (Phi) is 4.82. The minimum absolute atomic E-state index is 0.257. The first-order valence-corrected chi connectivity index (χ1v) is 9.35. The largest absolute Gasteiger partial charge is 0.370 e. The Morgan fingerprint density at radius 1 is 1.32 bits per heavy atom. The van der Waals surface area contributed by atoms with E-state index in [1.807, 2.05) is 22.6 Å². The van der Waals surface area contributed by atoms with Gasteiger partial charge in [0.2, 0.25) is 0 Å². The number of halogens is 1. The predicted octanol–water partition coefficient (Wildman–Crippen LogP) is 4.79. The number of nitrogens with zero attached hydrogens (tertiary/aromatic N) is 4. The van der Waals surface area contributed by atoms with Gasteiger partial charge in [0.05, 0.1) is 17.5 Å². The molecule has 0 spiro atoms. The van der Waals surface area contributed by atoms with Crippen molar-refractivity contribution >= 4 is 17.8 Å². The van der Waals surface area contributed by atoms with Gasteiger partial charge in [0.25, 0.3) is 0 Å². The van der Waals surface area contributed by atoms with Crippen LogP contribution in [0.15, 0.2) is 66.7 Å². The average Bonchev–Trinajstić information content (AvgIpc) is 3.33. The molecule has 1 saturated heterocycles. The molecular formula is C23H23FN4. The van der Waals surface area contributed by atoms with Crippen LogP contribution in [-0.2, 0) is 0 Å². The van der Waals surface area contributed by atoms with Crippen molar-refractivity contribution in [1.29, 1.82) is 0 Å². The fourth-order valence-corrected chi connectivity index (χ4v) is 3.99. The van der Waals surface area contributed by atoms with Crippen molar-refractivity contribution in [3.05, 3.63) is 78.7 Å². The fourth-order valence-electron chi connectivity index (χ4n) is 3.99. The number of aliphatic imine (C=N–C) groups is 1. The van der Waals surface area contributed by atoms with Crippen molar-refractivity contribution in [3.63, 3.8) is 0 Å². The van der Waals surface area contributed by atoms with E-state index in [2.05, 4.69) is 34.1 Å². The van der Waals surface area contributed by atoms with Crippen LogP contribution in [0.25, 0.3) is 22.9 Å². The molecule has 1 aromatic carbocycles. The van der Waals surface area contributed by atoms with Gasteiger partial charge >= 0.3 is 0 Å². The molecule has 1 unspecified atom stereocenters. The van der Waals surface area contributed by atoms with Crippen LogP contribution in [0.1, 0.15) is 23.5 Å². The molecule has 5 heteroatoms. The number of allylic oxidation sites excluding steroid dienone is 1. The molecule has 1 aliphatic heterocycles. The number of hydrogen-bond acceptors (Lipinski definition) is 3. The summed E-state index contributed by atoms with van der Waals surface area (Å²) >= 11 is 0. The molecular weight excluding hydrogens is 351 g/mol. The molecule has 142 valence electrons. The second-order valence-corrected chi connectivity index (χ2v) is 7.07. The lowest BCUT2D eigenvalue weighted by Gasteiger charge is -2.18. The summed E-state index contributed by atoms with van der Waals surface area (Å²) in [6.45, 7) is 9.63. The van der Waals surface area contributed by atoms with Crippen LogP contribution in [-0.4, -0.2) is 40.6 Å². The molecule has 0 bridgehead atoms. The van der Waals surface area contributed by atoms with Gasteiger partial charge in [0.15, 0.2) is 0 Å². The highest BCUT2D eigenvalue weighted by atomic mass is 19.1. The first kappa shape index (κ1) is 18.2. The van der Waals surface area contributed by atoms with E-state index in [9.17, 15) is 4.39 Å². The quantitative estimate of drug-likeness (QED) is 0.602. The normalized spacial score (nSPS) is 16.9. The minimum atomic E-state index is -0.257. The van der Waals surface area contributed by atoms with Crippen molar-refractivity contribution in [3.8, 4) is 11.3 Å². The van der Waals surface area contributed by atoms with Gasteiger partial charge in [-0.05, 0) is 41.8 Å². The van der Waals surface area contributed by atoms with Crippen molar-refractivity contribution < 1.29 is 4.39 Å². The number of aromatic nitrogens is 2. The SMILES string of the molecule is C=Cc1ccc(-c2cc(C3CCN(C(=C)C=NC)C3)c3ccncn23)c(F)c1. The molecule has 4 nitrogen and oxygen atoms in total. The molecule has 1 fully saturated rings. The Labute approximate surface area is 164 Å². The Morgan fingerprint density at radius 3 is 2.93 bits per heavy atom. The Balaban J connectivity index is 1.76. The molecule has 0 amide bonds. The van der Waals surface area contributed by atoms with Crippen LogP contribution in [0.5, 0.6) is 0 Å². The monoisotopic (exact) mass is 374 g/mol. The van der Waals surface area contributed by atoms with E-state index >= 15 is 0 Å². The van der Waals surface area contributed by atoms with Gasteiger partial charge < -0.3 is 4.90 Å². The third-order valence-corrected chi connectivity index (χ3v) is 5.42. The molecule has 0 aliphatic carbocycles. The number of likely N-dealkylation sites (tertiary alicyclic amines) is 1. The predicted molar refractivity (Wildman–Crippen MR) is 113 cm³/mol. The zero-order valence-electron chi connectivity index (χ0n) is 16.0. The minimum Gasteiger partial charge on any atom is -0.370 e. The Bertz CT molecular complexity index is 1080. The molecule has 4 rings (SSSR count). The maximum Gasteiger partial charge on any atom is 0.133 e. The van der Waals surface area contributed by atoms with Gasteiger partial charge in [-0.3, -0.25) is 9.39 Å². The van der Waals surface area contributed by atoms with Gasteiger partial charge in [-0.15, -0.1) is 0 Å². The lowest BCUT2D eigenvalue weighted by Crippen LogP contribution is -2.19. The molecule has 1 aliphatic rings. The summed E-state index contributed by atoms with van der Waals surface area (Å²) in [5, 5.41) is 0. The lowest BCUT2D eigenvalue weighted by molar-refractivity contribution is 0.445. The van der Waals surface area contributed by atoms with Gasteiger partial charge in [-0.25, -0.2) is 9.37 Å². The number of benzene rings is 1. The van der Waals surface area contributed by atoms with Crippen LogP contribution in [0, 0.1) is 5.82 Å². The molecule has 0 radical (unpaired) electrons. The average molecular weight is 374 g/mol. The van der Waals surface area contributed by atoms with Crippen LogP contribution >= 0.6 is 0 Å². The maximum absolute atomic E-state index is 14.8. The van der Waals surface area contributed by atoms with Gasteiger partial charge in [0.1, 0.15) is 5.82 Å². The summed E-state index contributed by atoms with van der Waals surface area (Å²) in [7, 11) is 1.76. The van der Waals surface area contributed by atoms with Crippen LogP contribution in [0.3, 0.4) is 0 Å². The van der Waals surface area contributed by atoms with Crippen molar-refractivity contribution in [2.45, 2.75) is 12.3 Å². The molecule has 3 heterocycles. The maximum atomic E-state index is 14.8. The van der Waals surface area contributed by atoms with Gasteiger partial charge in [-0.1, -0.05) is 25.3 Å². The van der Waals surface area contributed by atoms with E-state index in [0.29, 0.717) is 11.5 Å². The van der Waals surface area contributed by atoms with Crippen molar-refractivity contribution in [2.24, 2.45) is 4.99 Å². The summed E-state index contributed by atoms with van der Waals surface area (Å²) in [6, 6.07) is 9.31. The first-order chi connectivity index (χ1) is 13.6. The standard InChI is InChI=1S/C23H23FN4/c1-4-17-5-6-19(21(24)11-17)23-12-20(22-7-9-26-15-28(22)23)18-8-10-27(14-18)16(2)13-25-3/h4-7,9,11-13,15,18H,1-2,8,10,14H2,3H3. The van der Waals surface area contributed by atoms with Gasteiger partial charge in [0, 0.05) is 49.7 Å². The van der Waals surface area contributed by atoms with E-state index < -0.39 is 0 Å². The van der Waals surface area contributed by atoms with Crippen molar-refractivity contribution in [2.75, 3.05) is 20.1 Å². The fraction of sp³-hybridized carbons (Fsp3) is 0.217. The van der Waals surface area contributed by atoms with Crippen molar-refractivity contribution in [1.82, 2.24) is 14.3 Å².